The third-order valence-corrected chi connectivity index (χ3v) is 1.83. The smallest absolute Gasteiger partial charge is 0.123 e. The lowest BCUT2D eigenvalue weighted by molar-refractivity contribution is 0.267. The third kappa shape index (κ3) is 1.81. The maximum Gasteiger partial charge on any atom is 0.123 e. The van der Waals surface area contributed by atoms with Gasteiger partial charge in [0, 0.05) is 0 Å². The Bertz CT molecular complexity index is 275. The number of rotatable bonds is 2. The molecule has 2 nitrogen and oxygen atoms in total. The number of nitrogens with two attached hydrogens (primary N) is 1. The minimum absolute atomic E-state index is 0.119. The summed E-state index contributed by atoms with van der Waals surface area (Å²) in [6.07, 6.45) is 0. The van der Waals surface area contributed by atoms with Gasteiger partial charge in [-0.2, -0.15) is 0 Å². The average molecular weight is 169 g/mol. The predicted octanol–water partition coefficient (Wildman–Crippen LogP) is 1.13. The number of benzene rings is 1. The molecule has 0 aliphatic heterocycles. The highest BCUT2D eigenvalue weighted by Crippen LogP contribution is 2.15. The monoisotopic (exact) mass is 169 g/mol. The second-order valence-corrected chi connectivity index (χ2v) is 2.79. The molecule has 0 unspecified atom stereocenters. The van der Waals surface area contributed by atoms with Crippen LogP contribution in [0.25, 0.3) is 0 Å². The molecular weight excluding hydrogens is 157 g/mol. The highest BCUT2D eigenvalue weighted by molar-refractivity contribution is 5.29. The van der Waals surface area contributed by atoms with Crippen LogP contribution in [0, 0.1) is 12.7 Å². The van der Waals surface area contributed by atoms with E-state index in [-0.39, 0.29) is 12.4 Å². The molecule has 3 heteroatoms. The molecule has 1 atom stereocenters. The van der Waals surface area contributed by atoms with Gasteiger partial charge in [-0.15, -0.1) is 0 Å². The Morgan fingerprint density at radius 3 is 2.75 bits per heavy atom. The highest BCUT2D eigenvalue weighted by Gasteiger charge is 2.07. The lowest BCUT2D eigenvalue weighted by atomic mass is 10.0. The first-order valence-corrected chi connectivity index (χ1v) is 3.77. The summed E-state index contributed by atoms with van der Waals surface area (Å²) in [5, 5.41) is 8.76. The topological polar surface area (TPSA) is 46.2 Å². The van der Waals surface area contributed by atoms with Crippen molar-refractivity contribution in [3.8, 4) is 0 Å². The zero-order chi connectivity index (χ0) is 9.14. The molecule has 0 heterocycles. The SMILES string of the molecule is Cc1cc(F)ccc1[C@@H](N)CO. The molecule has 1 rings (SSSR count). The molecule has 66 valence electrons. The summed E-state index contributed by atoms with van der Waals surface area (Å²) in [7, 11) is 0. The van der Waals surface area contributed by atoms with Crippen molar-refractivity contribution in [1.82, 2.24) is 0 Å². The van der Waals surface area contributed by atoms with Crippen molar-refractivity contribution >= 4 is 0 Å². The van der Waals surface area contributed by atoms with E-state index in [0.29, 0.717) is 0 Å². The van der Waals surface area contributed by atoms with Crippen LogP contribution in [0.2, 0.25) is 0 Å². The Morgan fingerprint density at radius 2 is 2.25 bits per heavy atom. The molecule has 0 saturated carbocycles. The lowest BCUT2D eigenvalue weighted by Gasteiger charge is -2.11. The third-order valence-electron chi connectivity index (χ3n) is 1.83. The molecule has 0 aromatic heterocycles. The summed E-state index contributed by atoms with van der Waals surface area (Å²) >= 11 is 0. The molecule has 0 aliphatic rings. The number of aryl methyl sites for hydroxylation is 1. The summed E-state index contributed by atoms with van der Waals surface area (Å²) in [4.78, 5) is 0. The van der Waals surface area contributed by atoms with Crippen LogP contribution in [-0.2, 0) is 0 Å². The first kappa shape index (κ1) is 9.16. The summed E-state index contributed by atoms with van der Waals surface area (Å²) in [6, 6.07) is 3.94. The van der Waals surface area contributed by atoms with Gasteiger partial charge in [0.25, 0.3) is 0 Å². The van der Waals surface area contributed by atoms with Gasteiger partial charge in [-0.1, -0.05) is 6.07 Å². The Labute approximate surface area is 70.8 Å². The number of halogens is 1. The van der Waals surface area contributed by atoms with E-state index >= 15 is 0 Å². The minimum atomic E-state index is -0.411. The quantitative estimate of drug-likeness (QED) is 0.697. The van der Waals surface area contributed by atoms with Gasteiger partial charge in [0.05, 0.1) is 12.6 Å². The number of hydrogen-bond acceptors (Lipinski definition) is 2. The van der Waals surface area contributed by atoms with E-state index in [1.54, 1.807) is 13.0 Å². The van der Waals surface area contributed by atoms with Crippen LogP contribution in [0.1, 0.15) is 17.2 Å². The molecule has 0 fully saturated rings. The Morgan fingerprint density at radius 1 is 1.58 bits per heavy atom. The van der Waals surface area contributed by atoms with E-state index < -0.39 is 6.04 Å². The van der Waals surface area contributed by atoms with Gasteiger partial charge in [-0.05, 0) is 30.2 Å². The van der Waals surface area contributed by atoms with Crippen LogP contribution in [-0.4, -0.2) is 11.7 Å². The molecular formula is C9H12FNO. The molecule has 1 aromatic rings. The van der Waals surface area contributed by atoms with E-state index in [0.717, 1.165) is 11.1 Å². The van der Waals surface area contributed by atoms with E-state index in [1.807, 2.05) is 0 Å². The van der Waals surface area contributed by atoms with Gasteiger partial charge in [0.15, 0.2) is 0 Å². The van der Waals surface area contributed by atoms with Crippen LogP contribution < -0.4 is 5.73 Å². The van der Waals surface area contributed by atoms with E-state index in [1.165, 1.54) is 12.1 Å². The van der Waals surface area contributed by atoms with Gasteiger partial charge in [-0.3, -0.25) is 0 Å². The van der Waals surface area contributed by atoms with Gasteiger partial charge in [-0.25, -0.2) is 4.39 Å². The van der Waals surface area contributed by atoms with E-state index in [4.69, 9.17) is 10.8 Å². The number of aliphatic hydroxyl groups excluding tert-OH is 1. The molecule has 0 saturated heterocycles. The second-order valence-electron chi connectivity index (χ2n) is 2.79. The van der Waals surface area contributed by atoms with Crippen molar-refractivity contribution in [3.63, 3.8) is 0 Å². The molecule has 0 aliphatic carbocycles. The van der Waals surface area contributed by atoms with Crippen molar-refractivity contribution in [2.45, 2.75) is 13.0 Å². The highest BCUT2D eigenvalue weighted by atomic mass is 19.1. The summed E-state index contributed by atoms with van der Waals surface area (Å²) in [5.74, 6) is -0.276. The normalized spacial score (nSPS) is 13.0. The van der Waals surface area contributed by atoms with E-state index in [2.05, 4.69) is 0 Å². The maximum absolute atomic E-state index is 12.6. The van der Waals surface area contributed by atoms with Crippen LogP contribution >= 0.6 is 0 Å². The van der Waals surface area contributed by atoms with Gasteiger partial charge in [0.1, 0.15) is 5.82 Å². The molecule has 1 aromatic carbocycles. The zero-order valence-corrected chi connectivity index (χ0v) is 6.92. The average Bonchev–Trinajstić information content (AvgIpc) is 2.03. The minimum Gasteiger partial charge on any atom is -0.394 e. The van der Waals surface area contributed by atoms with Crippen LogP contribution in [0.4, 0.5) is 4.39 Å². The van der Waals surface area contributed by atoms with Crippen LogP contribution in [0.5, 0.6) is 0 Å². The van der Waals surface area contributed by atoms with Gasteiger partial charge >= 0.3 is 0 Å². The Kier molecular flexibility index (Phi) is 2.78. The molecule has 0 radical (unpaired) electrons. The van der Waals surface area contributed by atoms with Crippen molar-refractivity contribution in [3.05, 3.63) is 35.1 Å². The standard InChI is InChI=1S/C9H12FNO/c1-6-4-7(10)2-3-8(6)9(11)5-12/h2-4,9,12H,5,11H2,1H3/t9-/m0/s1. The van der Waals surface area contributed by atoms with Crippen molar-refractivity contribution < 1.29 is 9.50 Å². The maximum atomic E-state index is 12.6. The van der Waals surface area contributed by atoms with Crippen LogP contribution in [0.3, 0.4) is 0 Å². The Balaban J connectivity index is 3.01. The van der Waals surface area contributed by atoms with Crippen molar-refractivity contribution in [1.29, 1.82) is 0 Å². The number of aliphatic hydroxyl groups is 1. The van der Waals surface area contributed by atoms with Gasteiger partial charge < -0.3 is 10.8 Å². The first-order chi connectivity index (χ1) is 5.65. The first-order valence-electron chi connectivity index (χ1n) is 3.77. The zero-order valence-electron chi connectivity index (χ0n) is 6.92. The molecule has 0 amide bonds. The van der Waals surface area contributed by atoms with Gasteiger partial charge in [0.2, 0.25) is 0 Å². The predicted molar refractivity (Wildman–Crippen MR) is 45.2 cm³/mol. The molecule has 3 N–H and O–H groups in total. The summed E-state index contributed by atoms with van der Waals surface area (Å²) in [5.41, 5.74) is 7.14. The summed E-state index contributed by atoms with van der Waals surface area (Å²) in [6.45, 7) is 1.65. The fourth-order valence-corrected chi connectivity index (χ4v) is 1.15. The molecule has 12 heavy (non-hydrogen) atoms. The van der Waals surface area contributed by atoms with Crippen molar-refractivity contribution in [2.24, 2.45) is 5.73 Å². The van der Waals surface area contributed by atoms with Crippen molar-refractivity contribution in [2.75, 3.05) is 6.61 Å². The summed E-state index contributed by atoms with van der Waals surface area (Å²) < 4.78 is 12.6. The second kappa shape index (κ2) is 3.65. The number of hydrogen-bond donors (Lipinski definition) is 2. The van der Waals surface area contributed by atoms with Crippen LogP contribution in [0.15, 0.2) is 18.2 Å². The fourth-order valence-electron chi connectivity index (χ4n) is 1.15. The largest absolute Gasteiger partial charge is 0.394 e. The Hall–Kier alpha value is -0.930. The molecule has 0 spiro atoms. The molecule has 0 bridgehead atoms. The fraction of sp³-hybridized carbons (Fsp3) is 0.333. The lowest BCUT2D eigenvalue weighted by Crippen LogP contribution is -2.15. The van der Waals surface area contributed by atoms with E-state index in [9.17, 15) is 4.39 Å².